The Hall–Kier alpha value is -0.120. The van der Waals surface area contributed by atoms with Gasteiger partial charge in [0.1, 0.15) is 0 Å². The van der Waals surface area contributed by atoms with Crippen LogP contribution >= 0.6 is 0 Å². The van der Waals surface area contributed by atoms with Crippen molar-refractivity contribution in [1.29, 1.82) is 0 Å². The van der Waals surface area contributed by atoms with E-state index in [-0.39, 0.29) is 0 Å². The van der Waals surface area contributed by atoms with Gasteiger partial charge >= 0.3 is 0 Å². The fourth-order valence-corrected chi connectivity index (χ4v) is 3.05. The molecule has 2 aliphatic rings. The van der Waals surface area contributed by atoms with Gasteiger partial charge in [-0.3, -0.25) is 0 Å². The molecule has 0 aromatic heterocycles. The first kappa shape index (κ1) is 12.3. The molecule has 2 aliphatic heterocycles. The van der Waals surface area contributed by atoms with Gasteiger partial charge in [0.05, 0.1) is 0 Å². The molecule has 3 heteroatoms. The molecule has 1 N–H and O–H groups in total. The van der Waals surface area contributed by atoms with Crippen molar-refractivity contribution in [3.63, 3.8) is 0 Å². The van der Waals surface area contributed by atoms with Crippen molar-refractivity contribution >= 4 is 0 Å². The molecular weight excluding hydrogens is 198 g/mol. The van der Waals surface area contributed by atoms with Gasteiger partial charge in [-0.25, -0.2) is 0 Å². The average Bonchev–Trinajstić information content (AvgIpc) is 2.86. The number of likely N-dealkylation sites (N-methyl/N-ethyl adjacent to an activating group) is 1. The van der Waals surface area contributed by atoms with Gasteiger partial charge in [0.25, 0.3) is 0 Å². The van der Waals surface area contributed by atoms with Crippen LogP contribution < -0.4 is 5.32 Å². The third-order valence-corrected chi connectivity index (χ3v) is 4.11. The highest BCUT2D eigenvalue weighted by molar-refractivity contribution is 4.86. The lowest BCUT2D eigenvalue weighted by Gasteiger charge is -2.30. The van der Waals surface area contributed by atoms with E-state index in [0.29, 0.717) is 5.41 Å². The van der Waals surface area contributed by atoms with Gasteiger partial charge in [0, 0.05) is 26.2 Å². The molecule has 2 rings (SSSR count). The summed E-state index contributed by atoms with van der Waals surface area (Å²) in [5.74, 6) is 0. The molecule has 2 heterocycles. The van der Waals surface area contributed by atoms with Crippen LogP contribution in [-0.2, 0) is 0 Å². The van der Waals surface area contributed by atoms with Crippen LogP contribution in [0.25, 0.3) is 0 Å². The van der Waals surface area contributed by atoms with E-state index >= 15 is 0 Å². The maximum atomic E-state index is 3.48. The summed E-state index contributed by atoms with van der Waals surface area (Å²) >= 11 is 0. The molecule has 94 valence electrons. The minimum Gasteiger partial charge on any atom is -0.316 e. The quantitative estimate of drug-likeness (QED) is 0.753. The van der Waals surface area contributed by atoms with Crippen LogP contribution in [0.1, 0.15) is 26.2 Å². The van der Waals surface area contributed by atoms with Crippen molar-refractivity contribution in [2.24, 2.45) is 5.41 Å². The predicted octanol–water partition coefficient (Wildman–Crippen LogP) is 1.01. The average molecular weight is 225 g/mol. The molecule has 0 amide bonds. The number of hydrogen-bond donors (Lipinski definition) is 1. The summed E-state index contributed by atoms with van der Waals surface area (Å²) in [6, 6.07) is 0. The Morgan fingerprint density at radius 1 is 1.31 bits per heavy atom. The SMILES string of the molecule is CN(CCN1CCCC1)CC1(C)CCNC1. The highest BCUT2D eigenvalue weighted by atomic mass is 15.2. The Labute approximate surface area is 100 Å². The zero-order valence-electron chi connectivity index (χ0n) is 11.0. The second-order valence-electron chi connectivity index (χ2n) is 6.02. The summed E-state index contributed by atoms with van der Waals surface area (Å²) in [5.41, 5.74) is 0.514. The lowest BCUT2D eigenvalue weighted by atomic mass is 9.89. The van der Waals surface area contributed by atoms with E-state index in [4.69, 9.17) is 0 Å². The molecule has 2 fully saturated rings. The van der Waals surface area contributed by atoms with Crippen LogP contribution in [0.3, 0.4) is 0 Å². The van der Waals surface area contributed by atoms with Crippen LogP contribution in [0.4, 0.5) is 0 Å². The first-order valence-electron chi connectivity index (χ1n) is 6.80. The van der Waals surface area contributed by atoms with E-state index in [1.807, 2.05) is 0 Å². The third kappa shape index (κ3) is 3.44. The molecular formula is C13H27N3. The summed E-state index contributed by atoms with van der Waals surface area (Å²) in [5, 5.41) is 3.48. The van der Waals surface area contributed by atoms with Gasteiger partial charge < -0.3 is 15.1 Å². The highest BCUT2D eigenvalue weighted by Gasteiger charge is 2.29. The van der Waals surface area contributed by atoms with Gasteiger partial charge in [-0.05, 0) is 51.4 Å². The summed E-state index contributed by atoms with van der Waals surface area (Å²) < 4.78 is 0. The molecule has 1 unspecified atom stereocenters. The molecule has 0 aromatic carbocycles. The summed E-state index contributed by atoms with van der Waals surface area (Å²) in [7, 11) is 2.28. The number of nitrogens with zero attached hydrogens (tertiary/aromatic N) is 2. The fraction of sp³-hybridized carbons (Fsp3) is 1.00. The molecule has 16 heavy (non-hydrogen) atoms. The van der Waals surface area contributed by atoms with Gasteiger partial charge in [0.2, 0.25) is 0 Å². The molecule has 0 aliphatic carbocycles. The van der Waals surface area contributed by atoms with Crippen LogP contribution in [0.15, 0.2) is 0 Å². The minimum atomic E-state index is 0.514. The maximum absolute atomic E-state index is 3.48. The van der Waals surface area contributed by atoms with E-state index in [0.717, 1.165) is 0 Å². The molecule has 0 spiro atoms. The van der Waals surface area contributed by atoms with Crippen molar-refractivity contribution in [1.82, 2.24) is 15.1 Å². The zero-order valence-corrected chi connectivity index (χ0v) is 11.0. The Balaban J connectivity index is 1.65. The zero-order chi connectivity index (χ0) is 11.4. The predicted molar refractivity (Wildman–Crippen MR) is 68.8 cm³/mol. The van der Waals surface area contributed by atoms with E-state index < -0.39 is 0 Å². The lowest BCUT2D eigenvalue weighted by Crippen LogP contribution is -2.39. The van der Waals surface area contributed by atoms with Crippen LogP contribution in [0.5, 0.6) is 0 Å². The number of nitrogens with one attached hydrogen (secondary N) is 1. The van der Waals surface area contributed by atoms with Gasteiger partial charge in [-0.15, -0.1) is 0 Å². The molecule has 1 atom stereocenters. The molecule has 0 saturated carbocycles. The van der Waals surface area contributed by atoms with E-state index in [1.54, 1.807) is 0 Å². The molecule has 0 aromatic rings. The van der Waals surface area contributed by atoms with E-state index in [2.05, 4.69) is 29.1 Å². The Morgan fingerprint density at radius 3 is 2.69 bits per heavy atom. The van der Waals surface area contributed by atoms with Crippen LogP contribution in [-0.4, -0.2) is 62.7 Å². The maximum Gasteiger partial charge on any atom is 0.0109 e. The smallest absolute Gasteiger partial charge is 0.0109 e. The number of rotatable bonds is 5. The standard InChI is InChI=1S/C13H27N3/c1-13(5-6-14-11-13)12-15(2)9-10-16-7-3-4-8-16/h14H,3-12H2,1-2H3. The Kier molecular flexibility index (Phi) is 4.22. The van der Waals surface area contributed by atoms with Crippen LogP contribution in [0.2, 0.25) is 0 Å². The Morgan fingerprint density at radius 2 is 2.06 bits per heavy atom. The van der Waals surface area contributed by atoms with Crippen molar-refractivity contribution in [3.05, 3.63) is 0 Å². The monoisotopic (exact) mass is 225 g/mol. The summed E-state index contributed by atoms with van der Waals surface area (Å²) in [6.45, 7) is 11.2. The van der Waals surface area contributed by atoms with E-state index in [9.17, 15) is 0 Å². The van der Waals surface area contributed by atoms with E-state index in [1.165, 1.54) is 65.1 Å². The van der Waals surface area contributed by atoms with Gasteiger partial charge in [-0.1, -0.05) is 6.92 Å². The number of hydrogen-bond acceptors (Lipinski definition) is 3. The topological polar surface area (TPSA) is 18.5 Å². The lowest BCUT2D eigenvalue weighted by molar-refractivity contribution is 0.187. The van der Waals surface area contributed by atoms with Crippen molar-refractivity contribution in [2.45, 2.75) is 26.2 Å². The van der Waals surface area contributed by atoms with Crippen LogP contribution in [0, 0.1) is 5.41 Å². The minimum absolute atomic E-state index is 0.514. The van der Waals surface area contributed by atoms with Crippen molar-refractivity contribution in [2.75, 3.05) is 52.9 Å². The summed E-state index contributed by atoms with van der Waals surface area (Å²) in [4.78, 5) is 5.12. The molecule has 0 radical (unpaired) electrons. The van der Waals surface area contributed by atoms with Crippen molar-refractivity contribution < 1.29 is 0 Å². The van der Waals surface area contributed by atoms with Gasteiger partial charge in [-0.2, -0.15) is 0 Å². The van der Waals surface area contributed by atoms with Gasteiger partial charge in [0.15, 0.2) is 0 Å². The second-order valence-corrected chi connectivity index (χ2v) is 6.02. The molecule has 2 saturated heterocycles. The number of likely N-dealkylation sites (tertiary alicyclic amines) is 1. The largest absolute Gasteiger partial charge is 0.316 e. The molecule has 3 nitrogen and oxygen atoms in total. The first-order valence-corrected chi connectivity index (χ1v) is 6.80. The Bertz CT molecular complexity index is 205. The second kappa shape index (κ2) is 5.48. The highest BCUT2D eigenvalue weighted by Crippen LogP contribution is 2.25. The molecule has 0 bridgehead atoms. The third-order valence-electron chi connectivity index (χ3n) is 4.11. The fourth-order valence-electron chi connectivity index (χ4n) is 3.05. The summed E-state index contributed by atoms with van der Waals surface area (Å²) in [6.07, 6.45) is 4.15. The first-order chi connectivity index (χ1) is 7.68. The normalized spacial score (nSPS) is 31.7. The van der Waals surface area contributed by atoms with Crippen molar-refractivity contribution in [3.8, 4) is 0 Å².